The van der Waals surface area contributed by atoms with Crippen molar-refractivity contribution in [2.75, 3.05) is 23.4 Å². The van der Waals surface area contributed by atoms with Crippen molar-refractivity contribution in [1.29, 1.82) is 0 Å². The van der Waals surface area contributed by atoms with E-state index in [0.717, 1.165) is 6.08 Å². The van der Waals surface area contributed by atoms with Crippen LogP contribution in [0.25, 0.3) is 6.08 Å². The number of anilines is 1. The van der Waals surface area contributed by atoms with Gasteiger partial charge in [0.25, 0.3) is 0 Å². The molecule has 0 aliphatic heterocycles. The van der Waals surface area contributed by atoms with Crippen LogP contribution in [0.4, 0.5) is 10.5 Å². The molecular weight excluding hydrogens is 292 g/mol. The number of hydrogen-bond donors (Lipinski definition) is 3. The fourth-order valence-electron chi connectivity index (χ4n) is 1.49. The van der Waals surface area contributed by atoms with Crippen LogP contribution in [0.2, 0.25) is 0 Å². The molecule has 114 valence electrons. The lowest BCUT2D eigenvalue weighted by Gasteiger charge is -2.07. The highest BCUT2D eigenvalue weighted by atomic mass is 32.2. The fourth-order valence-corrected chi connectivity index (χ4v) is 2.10. The first-order valence-electron chi connectivity index (χ1n) is 6.42. The van der Waals surface area contributed by atoms with Crippen molar-refractivity contribution >= 4 is 34.6 Å². The summed E-state index contributed by atoms with van der Waals surface area (Å²) in [6.07, 6.45) is 2.47. The van der Waals surface area contributed by atoms with Crippen LogP contribution in [0.3, 0.4) is 0 Å². The molecule has 0 bridgehead atoms. The van der Waals surface area contributed by atoms with Gasteiger partial charge >= 0.3 is 12.0 Å². The highest BCUT2D eigenvalue weighted by Gasteiger charge is 2.02. The number of carbonyl (C=O) groups is 2. The van der Waals surface area contributed by atoms with Gasteiger partial charge < -0.3 is 15.7 Å². The zero-order valence-electron chi connectivity index (χ0n) is 11.7. The van der Waals surface area contributed by atoms with Gasteiger partial charge in [0.15, 0.2) is 0 Å². The molecule has 1 atom stereocenters. The second kappa shape index (κ2) is 8.91. The number of carbonyl (C=O) groups excluding carboxylic acids is 1. The monoisotopic (exact) mass is 310 g/mol. The summed E-state index contributed by atoms with van der Waals surface area (Å²) in [6, 6.07) is 6.41. The molecule has 1 rings (SSSR count). The lowest BCUT2D eigenvalue weighted by atomic mass is 10.2. The van der Waals surface area contributed by atoms with E-state index in [2.05, 4.69) is 10.6 Å². The molecule has 1 unspecified atom stereocenters. The molecule has 7 heteroatoms. The Morgan fingerprint density at radius 1 is 1.38 bits per heavy atom. The number of amides is 2. The van der Waals surface area contributed by atoms with Gasteiger partial charge in [-0.25, -0.2) is 9.59 Å². The first kappa shape index (κ1) is 16.9. The first-order valence-corrected chi connectivity index (χ1v) is 7.91. The molecule has 3 N–H and O–H groups in total. The van der Waals surface area contributed by atoms with Gasteiger partial charge in [0.1, 0.15) is 0 Å². The molecule has 0 radical (unpaired) electrons. The van der Waals surface area contributed by atoms with Crippen LogP contribution < -0.4 is 10.6 Å². The Morgan fingerprint density at radius 2 is 2.14 bits per heavy atom. The van der Waals surface area contributed by atoms with Crippen molar-refractivity contribution in [2.24, 2.45) is 0 Å². The highest BCUT2D eigenvalue weighted by molar-refractivity contribution is 7.84. The molecule has 0 saturated heterocycles. The summed E-state index contributed by atoms with van der Waals surface area (Å²) >= 11 is 0. The summed E-state index contributed by atoms with van der Waals surface area (Å²) in [5.74, 6) is -0.0398. The van der Waals surface area contributed by atoms with E-state index >= 15 is 0 Å². The van der Waals surface area contributed by atoms with Crippen molar-refractivity contribution in [3.63, 3.8) is 0 Å². The third-order valence-electron chi connectivity index (χ3n) is 2.50. The number of carboxylic acid groups (broad SMARTS) is 1. The van der Waals surface area contributed by atoms with Crippen LogP contribution in [-0.4, -0.2) is 39.4 Å². The van der Waals surface area contributed by atoms with Crippen molar-refractivity contribution in [1.82, 2.24) is 5.32 Å². The summed E-state index contributed by atoms with van der Waals surface area (Å²) < 4.78 is 11.2. The molecular formula is C14H18N2O4S. The second-order valence-corrected chi connectivity index (χ2v) is 5.98. The summed E-state index contributed by atoms with van der Waals surface area (Å²) in [5.41, 5.74) is 1.22. The van der Waals surface area contributed by atoms with Crippen LogP contribution in [0.5, 0.6) is 0 Å². The summed E-state index contributed by atoms with van der Waals surface area (Å²) in [5, 5.41) is 13.8. The average molecular weight is 310 g/mol. The third kappa shape index (κ3) is 7.26. The molecule has 0 heterocycles. The number of hydrogen-bond acceptors (Lipinski definition) is 3. The molecule has 0 aliphatic rings. The first-order chi connectivity index (χ1) is 10.0. The highest BCUT2D eigenvalue weighted by Crippen LogP contribution is 2.11. The number of nitrogens with one attached hydrogen (secondary N) is 2. The van der Waals surface area contributed by atoms with E-state index in [-0.39, 0.29) is 6.03 Å². The fraction of sp³-hybridized carbons (Fsp3) is 0.286. The molecule has 0 saturated carbocycles. The minimum Gasteiger partial charge on any atom is -0.478 e. The van der Waals surface area contributed by atoms with Gasteiger partial charge in [0.05, 0.1) is 0 Å². The second-order valence-electron chi connectivity index (χ2n) is 4.11. The predicted molar refractivity (Wildman–Crippen MR) is 83.7 cm³/mol. The number of aliphatic carboxylic acids is 1. The Bertz CT molecular complexity index is 558. The Balaban J connectivity index is 2.50. The SMILES string of the molecule is CCS(=O)CCNC(=O)Nc1cccc(/C=C/C(=O)O)c1. The number of urea groups is 1. The van der Waals surface area contributed by atoms with Gasteiger partial charge in [-0.3, -0.25) is 4.21 Å². The topological polar surface area (TPSA) is 95.5 Å². The standard InChI is InChI=1S/C14H18N2O4S/c1-2-21(20)9-8-15-14(19)16-12-5-3-4-11(10-12)6-7-13(17)18/h3-7,10H,2,8-9H2,1H3,(H,17,18)(H2,15,16,19)/b7-6+. The van der Waals surface area contributed by atoms with Gasteiger partial charge in [-0.05, 0) is 23.8 Å². The Hall–Kier alpha value is -2.15. The van der Waals surface area contributed by atoms with Crippen LogP contribution in [0, 0.1) is 0 Å². The molecule has 2 amide bonds. The van der Waals surface area contributed by atoms with Crippen molar-refractivity contribution < 1.29 is 18.9 Å². The summed E-state index contributed by atoms with van der Waals surface area (Å²) in [6.45, 7) is 2.16. The molecule has 1 aromatic carbocycles. The van der Waals surface area contributed by atoms with Gasteiger partial charge in [0.2, 0.25) is 0 Å². The molecule has 21 heavy (non-hydrogen) atoms. The maximum absolute atomic E-state index is 11.6. The van der Waals surface area contributed by atoms with Crippen molar-refractivity contribution in [3.8, 4) is 0 Å². The zero-order valence-corrected chi connectivity index (χ0v) is 12.5. The Kier molecular flexibility index (Phi) is 7.17. The number of benzene rings is 1. The van der Waals surface area contributed by atoms with Gasteiger partial charge in [-0.1, -0.05) is 19.1 Å². The third-order valence-corrected chi connectivity index (χ3v) is 3.80. The van der Waals surface area contributed by atoms with Crippen molar-refractivity contribution in [2.45, 2.75) is 6.92 Å². The van der Waals surface area contributed by atoms with E-state index in [0.29, 0.717) is 29.3 Å². The van der Waals surface area contributed by atoms with E-state index in [1.165, 1.54) is 6.08 Å². The average Bonchev–Trinajstić information content (AvgIpc) is 2.45. The molecule has 1 aromatic rings. The van der Waals surface area contributed by atoms with E-state index in [4.69, 9.17) is 5.11 Å². The maximum Gasteiger partial charge on any atom is 0.328 e. The van der Waals surface area contributed by atoms with Crippen molar-refractivity contribution in [3.05, 3.63) is 35.9 Å². The smallest absolute Gasteiger partial charge is 0.328 e. The minimum absolute atomic E-state index is 0.338. The molecule has 6 nitrogen and oxygen atoms in total. The minimum atomic E-state index is -1.03. The molecule has 0 spiro atoms. The number of rotatable bonds is 7. The summed E-state index contributed by atoms with van der Waals surface area (Å²) in [7, 11) is -0.908. The number of carboxylic acids is 1. The maximum atomic E-state index is 11.6. The van der Waals surface area contributed by atoms with Gasteiger partial charge in [-0.15, -0.1) is 0 Å². The predicted octanol–water partition coefficient (Wildman–Crippen LogP) is 1.67. The zero-order chi connectivity index (χ0) is 15.7. The lowest BCUT2D eigenvalue weighted by molar-refractivity contribution is -0.131. The Labute approximate surface area is 125 Å². The largest absolute Gasteiger partial charge is 0.478 e. The lowest BCUT2D eigenvalue weighted by Crippen LogP contribution is -2.32. The van der Waals surface area contributed by atoms with Crippen LogP contribution in [-0.2, 0) is 15.6 Å². The molecule has 0 aliphatic carbocycles. The van der Waals surface area contributed by atoms with E-state index < -0.39 is 16.8 Å². The van der Waals surface area contributed by atoms with Crippen LogP contribution in [0.15, 0.2) is 30.3 Å². The Morgan fingerprint density at radius 3 is 2.81 bits per heavy atom. The van der Waals surface area contributed by atoms with Gasteiger partial charge in [0, 0.05) is 40.6 Å². The molecule has 0 aromatic heterocycles. The van der Waals surface area contributed by atoms with E-state index in [1.807, 2.05) is 6.92 Å². The quantitative estimate of drug-likeness (QED) is 0.668. The van der Waals surface area contributed by atoms with E-state index in [1.54, 1.807) is 24.3 Å². The molecule has 0 fully saturated rings. The normalized spacial score (nSPS) is 12.0. The van der Waals surface area contributed by atoms with E-state index in [9.17, 15) is 13.8 Å². The van der Waals surface area contributed by atoms with Crippen LogP contribution in [0.1, 0.15) is 12.5 Å². The van der Waals surface area contributed by atoms with Gasteiger partial charge in [-0.2, -0.15) is 0 Å². The summed E-state index contributed by atoms with van der Waals surface area (Å²) in [4.78, 5) is 22.1. The van der Waals surface area contributed by atoms with Crippen LogP contribution >= 0.6 is 0 Å².